The second-order valence-corrected chi connectivity index (χ2v) is 5.26. The van der Waals surface area contributed by atoms with Gasteiger partial charge in [-0.2, -0.15) is 11.8 Å². The number of rotatable bonds is 7. The van der Waals surface area contributed by atoms with Gasteiger partial charge in [-0.15, -0.1) is 0 Å². The minimum Gasteiger partial charge on any atom is -0.385 e. The third-order valence-electron chi connectivity index (χ3n) is 2.51. The average molecular weight is 269 g/mol. The zero-order valence-corrected chi connectivity index (χ0v) is 11.7. The van der Waals surface area contributed by atoms with E-state index in [1.165, 1.54) is 0 Å². The summed E-state index contributed by atoms with van der Waals surface area (Å²) in [6.07, 6.45) is 2.05. The Labute approximate surface area is 111 Å². The molecule has 0 spiro atoms. The molecule has 0 bridgehead atoms. The molecule has 0 aliphatic rings. The van der Waals surface area contributed by atoms with Crippen molar-refractivity contribution < 1.29 is 4.92 Å². The summed E-state index contributed by atoms with van der Waals surface area (Å²) in [5.41, 5.74) is 1.65. The number of hydrogen-bond donors (Lipinski definition) is 2. The summed E-state index contributed by atoms with van der Waals surface area (Å²) >= 11 is 1.76. The predicted molar refractivity (Wildman–Crippen MR) is 78.7 cm³/mol. The van der Waals surface area contributed by atoms with E-state index in [2.05, 4.69) is 17.6 Å². The van der Waals surface area contributed by atoms with Gasteiger partial charge in [0.05, 0.1) is 4.92 Å². The number of nitro benzene ring substituents is 1. The SMILES string of the molecule is CCNc1cc(NCC(C)SC)cc([N+](=O)[O-])c1. The van der Waals surface area contributed by atoms with Gasteiger partial charge in [0.15, 0.2) is 0 Å². The van der Waals surface area contributed by atoms with Crippen LogP contribution in [0.2, 0.25) is 0 Å². The van der Waals surface area contributed by atoms with Crippen LogP contribution >= 0.6 is 11.8 Å². The summed E-state index contributed by atoms with van der Waals surface area (Å²) in [5, 5.41) is 17.6. The van der Waals surface area contributed by atoms with E-state index in [-0.39, 0.29) is 10.6 Å². The molecule has 0 heterocycles. The average Bonchev–Trinajstić information content (AvgIpc) is 2.36. The smallest absolute Gasteiger partial charge is 0.273 e. The second-order valence-electron chi connectivity index (χ2n) is 3.98. The minimum absolute atomic E-state index is 0.104. The van der Waals surface area contributed by atoms with Gasteiger partial charge in [0, 0.05) is 41.8 Å². The quantitative estimate of drug-likeness (QED) is 0.588. The molecule has 0 saturated carbocycles. The van der Waals surface area contributed by atoms with Crippen molar-refractivity contribution in [3.63, 3.8) is 0 Å². The molecule has 0 aromatic heterocycles. The third-order valence-corrected chi connectivity index (χ3v) is 3.48. The van der Waals surface area contributed by atoms with Crippen LogP contribution in [-0.2, 0) is 0 Å². The number of nitrogens with zero attached hydrogens (tertiary/aromatic N) is 1. The van der Waals surface area contributed by atoms with E-state index in [1.807, 2.05) is 19.2 Å². The van der Waals surface area contributed by atoms with Crippen LogP contribution in [0, 0.1) is 10.1 Å². The van der Waals surface area contributed by atoms with Crippen molar-refractivity contribution in [2.24, 2.45) is 0 Å². The molecule has 0 aliphatic carbocycles. The molecule has 1 rings (SSSR count). The highest BCUT2D eigenvalue weighted by Crippen LogP contribution is 2.24. The first kappa shape index (κ1) is 14.6. The topological polar surface area (TPSA) is 67.2 Å². The molecule has 18 heavy (non-hydrogen) atoms. The van der Waals surface area contributed by atoms with Crippen LogP contribution in [0.15, 0.2) is 18.2 Å². The van der Waals surface area contributed by atoms with Crippen LogP contribution in [0.25, 0.3) is 0 Å². The van der Waals surface area contributed by atoms with Crippen LogP contribution in [-0.4, -0.2) is 29.5 Å². The lowest BCUT2D eigenvalue weighted by molar-refractivity contribution is -0.384. The Morgan fingerprint density at radius 3 is 2.44 bits per heavy atom. The van der Waals surface area contributed by atoms with E-state index in [0.717, 1.165) is 24.5 Å². The van der Waals surface area contributed by atoms with Crippen LogP contribution in [0.5, 0.6) is 0 Å². The molecule has 0 radical (unpaired) electrons. The van der Waals surface area contributed by atoms with Crippen LogP contribution < -0.4 is 10.6 Å². The zero-order valence-electron chi connectivity index (χ0n) is 10.9. The maximum atomic E-state index is 10.8. The van der Waals surface area contributed by atoms with Gasteiger partial charge in [0.1, 0.15) is 0 Å². The first-order chi connectivity index (χ1) is 8.56. The third kappa shape index (κ3) is 4.44. The van der Waals surface area contributed by atoms with E-state index in [0.29, 0.717) is 5.25 Å². The van der Waals surface area contributed by atoms with Crippen LogP contribution in [0.1, 0.15) is 13.8 Å². The first-order valence-electron chi connectivity index (χ1n) is 5.86. The van der Waals surface area contributed by atoms with Gasteiger partial charge in [0.2, 0.25) is 0 Å². The molecular weight excluding hydrogens is 250 g/mol. The Hall–Kier alpha value is -1.43. The van der Waals surface area contributed by atoms with Crippen molar-refractivity contribution >= 4 is 28.8 Å². The molecule has 0 aliphatic heterocycles. The number of thioether (sulfide) groups is 1. The van der Waals surface area contributed by atoms with E-state index >= 15 is 0 Å². The fraction of sp³-hybridized carbons (Fsp3) is 0.500. The second kappa shape index (κ2) is 7.10. The van der Waals surface area contributed by atoms with Crippen molar-refractivity contribution in [3.8, 4) is 0 Å². The Morgan fingerprint density at radius 1 is 1.33 bits per heavy atom. The Morgan fingerprint density at radius 2 is 1.94 bits per heavy atom. The number of nitrogens with one attached hydrogen (secondary N) is 2. The normalized spacial score (nSPS) is 11.9. The molecular formula is C12H19N3O2S. The fourth-order valence-corrected chi connectivity index (χ4v) is 1.72. The maximum absolute atomic E-state index is 10.8. The standard InChI is InChI=1S/C12H19N3O2S/c1-4-13-10-5-11(14-8-9(2)18-3)7-12(6-10)15(16)17/h5-7,9,13-14H,4,8H2,1-3H3. The molecule has 0 amide bonds. The van der Waals surface area contributed by atoms with E-state index in [1.54, 1.807) is 23.9 Å². The lowest BCUT2D eigenvalue weighted by Crippen LogP contribution is -2.13. The van der Waals surface area contributed by atoms with Crippen LogP contribution in [0.3, 0.4) is 0 Å². The highest BCUT2D eigenvalue weighted by molar-refractivity contribution is 7.99. The van der Waals surface area contributed by atoms with Gasteiger partial charge >= 0.3 is 0 Å². The summed E-state index contributed by atoms with van der Waals surface area (Å²) in [7, 11) is 0. The largest absolute Gasteiger partial charge is 0.385 e. The summed E-state index contributed by atoms with van der Waals surface area (Å²) in [6.45, 7) is 5.59. The fourth-order valence-electron chi connectivity index (χ4n) is 1.47. The molecule has 5 nitrogen and oxygen atoms in total. The van der Waals surface area contributed by atoms with E-state index in [9.17, 15) is 10.1 Å². The number of hydrogen-bond acceptors (Lipinski definition) is 5. The predicted octanol–water partition coefficient (Wildman–Crippen LogP) is 3.19. The van der Waals surface area contributed by atoms with Gasteiger partial charge in [-0.05, 0) is 19.2 Å². The molecule has 0 fully saturated rings. The molecule has 1 aromatic rings. The Balaban J connectivity index is 2.85. The van der Waals surface area contributed by atoms with Gasteiger partial charge < -0.3 is 10.6 Å². The number of anilines is 2. The lowest BCUT2D eigenvalue weighted by Gasteiger charge is -2.12. The lowest BCUT2D eigenvalue weighted by atomic mass is 10.2. The van der Waals surface area contributed by atoms with Crippen molar-refractivity contribution in [3.05, 3.63) is 28.3 Å². The number of non-ortho nitro benzene ring substituents is 1. The number of nitro groups is 1. The highest BCUT2D eigenvalue weighted by atomic mass is 32.2. The highest BCUT2D eigenvalue weighted by Gasteiger charge is 2.10. The molecule has 2 N–H and O–H groups in total. The molecule has 1 atom stereocenters. The molecule has 100 valence electrons. The molecule has 0 saturated heterocycles. The molecule has 1 aromatic carbocycles. The monoisotopic (exact) mass is 269 g/mol. The van der Waals surface area contributed by atoms with Gasteiger partial charge in [-0.3, -0.25) is 10.1 Å². The van der Waals surface area contributed by atoms with Crippen molar-refractivity contribution in [1.82, 2.24) is 0 Å². The van der Waals surface area contributed by atoms with Gasteiger partial charge in [0.25, 0.3) is 5.69 Å². The van der Waals surface area contributed by atoms with Gasteiger partial charge in [-0.25, -0.2) is 0 Å². The Kier molecular flexibility index (Phi) is 5.77. The van der Waals surface area contributed by atoms with Crippen molar-refractivity contribution in [1.29, 1.82) is 0 Å². The van der Waals surface area contributed by atoms with Crippen molar-refractivity contribution in [2.75, 3.05) is 30.0 Å². The summed E-state index contributed by atoms with van der Waals surface area (Å²) < 4.78 is 0. The zero-order chi connectivity index (χ0) is 13.5. The number of benzene rings is 1. The van der Waals surface area contributed by atoms with E-state index < -0.39 is 0 Å². The van der Waals surface area contributed by atoms with Crippen LogP contribution in [0.4, 0.5) is 17.1 Å². The maximum Gasteiger partial charge on any atom is 0.273 e. The van der Waals surface area contributed by atoms with Gasteiger partial charge in [-0.1, -0.05) is 6.92 Å². The summed E-state index contributed by atoms with van der Waals surface area (Å²) in [5.74, 6) is 0. The Bertz CT molecular complexity index is 412. The van der Waals surface area contributed by atoms with E-state index in [4.69, 9.17) is 0 Å². The van der Waals surface area contributed by atoms with Crippen molar-refractivity contribution in [2.45, 2.75) is 19.1 Å². The minimum atomic E-state index is -0.371. The summed E-state index contributed by atoms with van der Waals surface area (Å²) in [6, 6.07) is 5.00. The molecule has 1 unspecified atom stereocenters. The summed E-state index contributed by atoms with van der Waals surface area (Å²) in [4.78, 5) is 10.5. The first-order valence-corrected chi connectivity index (χ1v) is 7.15. The molecule has 6 heteroatoms.